The molecule has 8 nitrogen and oxygen atoms in total. The molecule has 0 aliphatic carbocycles. The quantitative estimate of drug-likeness (QED) is 0.721. The van der Waals surface area contributed by atoms with Crippen molar-refractivity contribution in [3.05, 3.63) is 23.8 Å². The number of hydrogen-bond acceptors (Lipinski definition) is 6. The first-order valence-electron chi connectivity index (χ1n) is 9.83. The summed E-state index contributed by atoms with van der Waals surface area (Å²) in [4.78, 5) is 2.09. The van der Waals surface area contributed by atoms with Crippen molar-refractivity contribution in [1.29, 1.82) is 0 Å². The molecule has 1 aromatic rings. The summed E-state index contributed by atoms with van der Waals surface area (Å²) in [6.07, 6.45) is 2.24. The largest absolute Gasteiger partial charge is 0.497 e. The highest BCUT2D eigenvalue weighted by Crippen LogP contribution is 2.30. The average Bonchev–Trinajstić information content (AvgIpc) is 2.74. The fourth-order valence-corrected chi connectivity index (χ4v) is 5.52. The zero-order valence-corrected chi connectivity index (χ0v) is 17.5. The molecule has 2 aliphatic heterocycles. The second-order valence-corrected chi connectivity index (χ2v) is 9.22. The Hall–Kier alpha value is -1.39. The van der Waals surface area contributed by atoms with E-state index >= 15 is 0 Å². The van der Waals surface area contributed by atoms with Gasteiger partial charge in [-0.25, -0.2) is 0 Å². The van der Waals surface area contributed by atoms with Crippen LogP contribution in [0.4, 0.5) is 0 Å². The fraction of sp³-hybridized carbons (Fsp3) is 0.684. The maximum atomic E-state index is 12.8. The number of benzene rings is 1. The molecule has 2 fully saturated rings. The van der Waals surface area contributed by atoms with Crippen LogP contribution in [0.15, 0.2) is 18.2 Å². The Bertz CT molecular complexity index is 744. The number of piperidine rings is 1. The maximum Gasteiger partial charge on any atom is 0.282 e. The van der Waals surface area contributed by atoms with Crippen LogP contribution >= 0.6 is 0 Å². The molecule has 28 heavy (non-hydrogen) atoms. The molecule has 0 spiro atoms. The summed E-state index contributed by atoms with van der Waals surface area (Å²) in [7, 11) is -0.213. The van der Waals surface area contributed by atoms with Gasteiger partial charge in [0, 0.05) is 51.4 Å². The fourth-order valence-electron chi connectivity index (χ4n) is 3.84. The third-order valence-corrected chi connectivity index (χ3v) is 7.56. The Kier molecular flexibility index (Phi) is 7.16. The van der Waals surface area contributed by atoms with E-state index in [1.807, 2.05) is 0 Å². The van der Waals surface area contributed by atoms with Crippen molar-refractivity contribution in [2.24, 2.45) is 0 Å². The molecule has 2 heterocycles. The highest BCUT2D eigenvalue weighted by Gasteiger charge is 2.33. The number of aliphatic hydroxyl groups is 1. The SMILES string of the molecule is COc1ccc(OC)c(C(O)CN2CCN(S(=O)(=O)N3CCCCC3)CC2)c1. The van der Waals surface area contributed by atoms with E-state index in [-0.39, 0.29) is 0 Å². The normalized spacial score (nSPS) is 21.4. The molecule has 3 rings (SSSR count). The third kappa shape index (κ3) is 4.77. The van der Waals surface area contributed by atoms with Crippen LogP contribution in [0.25, 0.3) is 0 Å². The molecule has 0 bridgehead atoms. The van der Waals surface area contributed by atoms with Crippen LogP contribution < -0.4 is 9.47 Å². The minimum atomic E-state index is -3.37. The molecule has 158 valence electrons. The number of piperazine rings is 1. The lowest BCUT2D eigenvalue weighted by molar-refractivity contribution is 0.0887. The average molecular weight is 414 g/mol. The molecular weight excluding hydrogens is 382 g/mol. The number of hydrogen-bond donors (Lipinski definition) is 1. The van der Waals surface area contributed by atoms with Gasteiger partial charge in [0.05, 0.1) is 20.3 Å². The predicted octanol–water partition coefficient (Wildman–Crippen LogP) is 1.09. The second-order valence-electron chi connectivity index (χ2n) is 7.29. The first-order chi connectivity index (χ1) is 13.5. The number of methoxy groups -OCH3 is 2. The van der Waals surface area contributed by atoms with Crippen molar-refractivity contribution >= 4 is 10.2 Å². The van der Waals surface area contributed by atoms with Crippen LogP contribution in [-0.2, 0) is 10.2 Å². The Morgan fingerprint density at radius 3 is 2.21 bits per heavy atom. The predicted molar refractivity (Wildman–Crippen MR) is 107 cm³/mol. The molecule has 0 amide bonds. The highest BCUT2D eigenvalue weighted by atomic mass is 32.2. The van der Waals surface area contributed by atoms with E-state index in [0.29, 0.717) is 62.9 Å². The maximum absolute atomic E-state index is 12.8. The van der Waals surface area contributed by atoms with Crippen LogP contribution in [-0.4, -0.2) is 87.1 Å². The topological polar surface area (TPSA) is 82.5 Å². The van der Waals surface area contributed by atoms with Crippen molar-refractivity contribution in [3.63, 3.8) is 0 Å². The lowest BCUT2D eigenvalue weighted by Crippen LogP contribution is -2.54. The minimum absolute atomic E-state index is 0.418. The van der Waals surface area contributed by atoms with E-state index in [1.165, 1.54) is 0 Å². The van der Waals surface area contributed by atoms with Gasteiger partial charge in [-0.3, -0.25) is 4.90 Å². The zero-order chi connectivity index (χ0) is 20.1. The van der Waals surface area contributed by atoms with Crippen molar-refractivity contribution in [1.82, 2.24) is 13.5 Å². The summed E-state index contributed by atoms with van der Waals surface area (Å²) in [6.45, 7) is 3.74. The highest BCUT2D eigenvalue weighted by molar-refractivity contribution is 7.86. The van der Waals surface area contributed by atoms with Crippen molar-refractivity contribution in [3.8, 4) is 11.5 Å². The summed E-state index contributed by atoms with van der Waals surface area (Å²) in [5, 5.41) is 10.7. The molecular formula is C19H31N3O5S. The summed E-state index contributed by atoms with van der Waals surface area (Å²) in [5.41, 5.74) is 0.671. The molecule has 0 radical (unpaired) electrons. The Labute approximate surface area is 167 Å². The molecule has 9 heteroatoms. The third-order valence-electron chi connectivity index (χ3n) is 5.53. The van der Waals surface area contributed by atoms with Gasteiger partial charge in [0.15, 0.2) is 0 Å². The summed E-state index contributed by atoms with van der Waals surface area (Å²) < 4.78 is 39.4. The van der Waals surface area contributed by atoms with E-state index in [0.717, 1.165) is 19.3 Å². The summed E-state index contributed by atoms with van der Waals surface area (Å²) >= 11 is 0. The molecule has 1 N–H and O–H groups in total. The number of ether oxygens (including phenoxy) is 2. The first-order valence-corrected chi connectivity index (χ1v) is 11.2. The van der Waals surface area contributed by atoms with E-state index in [1.54, 1.807) is 41.0 Å². The molecule has 1 aromatic carbocycles. The van der Waals surface area contributed by atoms with Crippen LogP contribution in [0.3, 0.4) is 0 Å². The monoisotopic (exact) mass is 413 g/mol. The molecule has 1 unspecified atom stereocenters. The Morgan fingerprint density at radius 2 is 1.61 bits per heavy atom. The lowest BCUT2D eigenvalue weighted by Gasteiger charge is -2.38. The smallest absolute Gasteiger partial charge is 0.282 e. The van der Waals surface area contributed by atoms with E-state index in [4.69, 9.17) is 9.47 Å². The van der Waals surface area contributed by atoms with Gasteiger partial charge in [-0.1, -0.05) is 6.42 Å². The standard InChI is InChI=1S/C19H31N3O5S/c1-26-16-6-7-19(27-2)17(14-16)18(23)15-20-10-12-22(13-11-20)28(24,25)21-8-4-3-5-9-21/h6-7,14,18,23H,3-5,8-13,15H2,1-2H3. The van der Waals surface area contributed by atoms with Crippen LogP contribution in [0, 0.1) is 0 Å². The van der Waals surface area contributed by atoms with Crippen LogP contribution in [0.5, 0.6) is 11.5 Å². The van der Waals surface area contributed by atoms with Crippen molar-refractivity contribution in [2.75, 3.05) is 60.0 Å². The van der Waals surface area contributed by atoms with E-state index in [2.05, 4.69) is 4.90 Å². The molecule has 2 aliphatic rings. The molecule has 1 atom stereocenters. The molecule has 0 saturated carbocycles. The number of nitrogens with zero attached hydrogens (tertiary/aromatic N) is 3. The second kappa shape index (κ2) is 9.41. The van der Waals surface area contributed by atoms with Crippen LogP contribution in [0.1, 0.15) is 30.9 Å². The summed E-state index contributed by atoms with van der Waals surface area (Å²) in [6, 6.07) is 5.35. The van der Waals surface area contributed by atoms with Gasteiger partial charge >= 0.3 is 0 Å². The van der Waals surface area contributed by atoms with Gasteiger partial charge in [-0.2, -0.15) is 17.0 Å². The van der Waals surface area contributed by atoms with Gasteiger partial charge in [0.25, 0.3) is 10.2 Å². The van der Waals surface area contributed by atoms with E-state index in [9.17, 15) is 13.5 Å². The molecule has 2 saturated heterocycles. The first kappa shape index (κ1) is 21.3. The lowest BCUT2D eigenvalue weighted by atomic mass is 10.1. The minimum Gasteiger partial charge on any atom is -0.497 e. The molecule has 0 aromatic heterocycles. The zero-order valence-electron chi connectivity index (χ0n) is 16.7. The van der Waals surface area contributed by atoms with Gasteiger partial charge in [-0.05, 0) is 31.0 Å². The van der Waals surface area contributed by atoms with Gasteiger partial charge in [0.1, 0.15) is 11.5 Å². The van der Waals surface area contributed by atoms with Crippen molar-refractivity contribution < 1.29 is 23.0 Å². The van der Waals surface area contributed by atoms with Gasteiger partial charge in [0.2, 0.25) is 0 Å². The number of β-amino-alcohol motifs (C(OH)–C–C–N with tert-alkyl or cyclic N) is 1. The Balaban J connectivity index is 1.58. The number of aliphatic hydroxyl groups excluding tert-OH is 1. The summed E-state index contributed by atoms with van der Waals surface area (Å²) in [5.74, 6) is 1.27. The Morgan fingerprint density at radius 1 is 0.964 bits per heavy atom. The van der Waals surface area contributed by atoms with Gasteiger partial charge in [-0.15, -0.1) is 0 Å². The van der Waals surface area contributed by atoms with Crippen molar-refractivity contribution in [2.45, 2.75) is 25.4 Å². The number of rotatable bonds is 7. The van der Waals surface area contributed by atoms with E-state index < -0.39 is 16.3 Å². The van der Waals surface area contributed by atoms with Gasteiger partial charge < -0.3 is 14.6 Å². The van der Waals surface area contributed by atoms with Crippen LogP contribution in [0.2, 0.25) is 0 Å².